The van der Waals surface area contributed by atoms with Gasteiger partial charge >= 0.3 is 0 Å². The summed E-state index contributed by atoms with van der Waals surface area (Å²) in [5.74, 6) is -0.0516. The summed E-state index contributed by atoms with van der Waals surface area (Å²) >= 11 is 0. The van der Waals surface area contributed by atoms with Gasteiger partial charge in [-0.3, -0.25) is 0 Å². The van der Waals surface area contributed by atoms with E-state index < -0.39 is 10.0 Å². The molecule has 0 heterocycles. The first-order chi connectivity index (χ1) is 10.0. The maximum atomic E-state index is 11.9. The molecular weight excluding hydrogens is 286 g/mol. The first-order valence-corrected chi connectivity index (χ1v) is 8.84. The molecule has 116 valence electrons. The van der Waals surface area contributed by atoms with Crippen LogP contribution in [0.4, 0.5) is 0 Å². The van der Waals surface area contributed by atoms with Gasteiger partial charge in [0.25, 0.3) is 0 Å². The minimum Gasteiger partial charge on any atom is -0.304 e. The zero-order valence-electron chi connectivity index (χ0n) is 12.7. The summed E-state index contributed by atoms with van der Waals surface area (Å²) in [6.45, 7) is 7.50. The molecule has 1 aromatic rings. The topological polar surface area (TPSA) is 73.2 Å². The highest BCUT2D eigenvalue weighted by Gasteiger charge is 2.11. The summed E-state index contributed by atoms with van der Waals surface area (Å²) < 4.78 is 26.5. The van der Waals surface area contributed by atoms with Crippen LogP contribution in [0.25, 0.3) is 0 Å². The highest BCUT2D eigenvalue weighted by molar-refractivity contribution is 7.88. The van der Waals surface area contributed by atoms with Crippen LogP contribution in [0.2, 0.25) is 0 Å². The minimum absolute atomic E-state index is 0.0516. The molecule has 0 amide bonds. The normalized spacial score (nSPS) is 11.5. The predicted octanol–water partition coefficient (Wildman–Crippen LogP) is 1.71. The Labute approximate surface area is 127 Å². The van der Waals surface area contributed by atoms with Crippen molar-refractivity contribution in [1.29, 1.82) is 5.26 Å². The number of nitrogens with one attached hydrogen (secondary N) is 1. The lowest BCUT2D eigenvalue weighted by molar-refractivity contribution is 0.300. The van der Waals surface area contributed by atoms with E-state index in [0.29, 0.717) is 17.7 Å². The molecular formula is C15H23N3O2S. The third-order valence-electron chi connectivity index (χ3n) is 3.31. The number of hydrogen-bond acceptors (Lipinski definition) is 4. The minimum atomic E-state index is -3.32. The van der Waals surface area contributed by atoms with E-state index in [4.69, 9.17) is 5.26 Å². The average Bonchev–Trinajstić information content (AvgIpc) is 2.48. The molecule has 6 heteroatoms. The highest BCUT2D eigenvalue weighted by Crippen LogP contribution is 2.07. The molecule has 0 spiro atoms. The van der Waals surface area contributed by atoms with Gasteiger partial charge < -0.3 is 4.90 Å². The molecule has 1 aromatic carbocycles. The Balaban J connectivity index is 2.41. The van der Waals surface area contributed by atoms with Gasteiger partial charge in [0.15, 0.2) is 0 Å². The van der Waals surface area contributed by atoms with Crippen molar-refractivity contribution in [2.24, 2.45) is 0 Å². The Bertz CT molecular complexity index is 558. The Morgan fingerprint density at radius 2 is 1.81 bits per heavy atom. The first kappa shape index (κ1) is 17.6. The van der Waals surface area contributed by atoms with Crippen LogP contribution in [0.1, 0.15) is 31.4 Å². The van der Waals surface area contributed by atoms with Crippen molar-refractivity contribution in [2.45, 2.75) is 26.0 Å². The van der Waals surface area contributed by atoms with E-state index in [9.17, 15) is 8.42 Å². The van der Waals surface area contributed by atoms with Gasteiger partial charge in [-0.2, -0.15) is 5.26 Å². The monoisotopic (exact) mass is 309 g/mol. The maximum absolute atomic E-state index is 11.9. The Hall–Kier alpha value is -1.42. The van der Waals surface area contributed by atoms with Crippen LogP contribution >= 0.6 is 0 Å². The second-order valence-electron chi connectivity index (χ2n) is 4.84. The molecule has 0 aliphatic carbocycles. The standard InChI is InChI=1S/C15H23N3O2S/c1-3-18(4-2)11-5-10-17-21(19,20)13-15-8-6-14(12-16)7-9-15/h6-9,17H,3-5,10-11,13H2,1-2H3. The van der Waals surface area contributed by atoms with Crippen molar-refractivity contribution in [3.05, 3.63) is 35.4 Å². The summed E-state index contributed by atoms with van der Waals surface area (Å²) in [7, 11) is -3.32. The molecule has 0 aliphatic heterocycles. The average molecular weight is 309 g/mol. The van der Waals surface area contributed by atoms with E-state index in [1.807, 2.05) is 6.07 Å². The molecule has 0 fully saturated rings. The number of nitriles is 1. The van der Waals surface area contributed by atoms with Crippen LogP contribution in [0.5, 0.6) is 0 Å². The molecule has 0 saturated carbocycles. The van der Waals surface area contributed by atoms with Gasteiger partial charge in [-0.1, -0.05) is 26.0 Å². The second-order valence-corrected chi connectivity index (χ2v) is 6.65. The number of benzene rings is 1. The maximum Gasteiger partial charge on any atom is 0.215 e. The van der Waals surface area contributed by atoms with Crippen LogP contribution in [0.3, 0.4) is 0 Å². The Morgan fingerprint density at radius 3 is 2.33 bits per heavy atom. The van der Waals surface area contributed by atoms with Crippen LogP contribution in [0.15, 0.2) is 24.3 Å². The Kier molecular flexibility index (Phi) is 7.37. The van der Waals surface area contributed by atoms with Gasteiger partial charge in [0.2, 0.25) is 10.0 Å². The van der Waals surface area contributed by atoms with Crippen molar-refractivity contribution in [2.75, 3.05) is 26.2 Å². The van der Waals surface area contributed by atoms with Crippen molar-refractivity contribution in [3.63, 3.8) is 0 Å². The van der Waals surface area contributed by atoms with Crippen molar-refractivity contribution < 1.29 is 8.42 Å². The van der Waals surface area contributed by atoms with Gasteiger partial charge in [-0.25, -0.2) is 13.1 Å². The molecule has 0 unspecified atom stereocenters. The molecule has 0 radical (unpaired) electrons. The molecule has 1 N–H and O–H groups in total. The molecule has 0 aromatic heterocycles. The van der Waals surface area contributed by atoms with E-state index >= 15 is 0 Å². The fraction of sp³-hybridized carbons (Fsp3) is 0.533. The van der Waals surface area contributed by atoms with Crippen molar-refractivity contribution in [3.8, 4) is 6.07 Å². The van der Waals surface area contributed by atoms with E-state index in [1.165, 1.54) is 0 Å². The van der Waals surface area contributed by atoms with E-state index in [-0.39, 0.29) is 5.75 Å². The largest absolute Gasteiger partial charge is 0.304 e. The van der Waals surface area contributed by atoms with Crippen molar-refractivity contribution >= 4 is 10.0 Å². The molecule has 0 saturated heterocycles. The van der Waals surface area contributed by atoms with E-state index in [0.717, 1.165) is 26.1 Å². The molecule has 0 bridgehead atoms. The third kappa shape index (κ3) is 6.71. The molecule has 5 nitrogen and oxygen atoms in total. The summed E-state index contributed by atoms with van der Waals surface area (Å²) in [6, 6.07) is 8.62. The number of rotatable bonds is 9. The number of sulfonamides is 1. The fourth-order valence-electron chi connectivity index (χ4n) is 2.02. The summed E-state index contributed by atoms with van der Waals surface area (Å²) in [4.78, 5) is 2.26. The zero-order valence-corrected chi connectivity index (χ0v) is 13.5. The van der Waals surface area contributed by atoms with Crippen LogP contribution in [-0.4, -0.2) is 39.5 Å². The molecule has 0 atom stereocenters. The first-order valence-electron chi connectivity index (χ1n) is 7.19. The molecule has 0 aliphatic rings. The van der Waals surface area contributed by atoms with Gasteiger partial charge in [0.05, 0.1) is 17.4 Å². The van der Waals surface area contributed by atoms with E-state index in [1.54, 1.807) is 24.3 Å². The summed E-state index contributed by atoms with van der Waals surface area (Å²) in [5, 5.41) is 8.71. The zero-order chi connectivity index (χ0) is 15.7. The lowest BCUT2D eigenvalue weighted by Gasteiger charge is -2.17. The summed E-state index contributed by atoms with van der Waals surface area (Å²) in [5.41, 5.74) is 1.22. The third-order valence-corrected chi connectivity index (χ3v) is 4.66. The highest BCUT2D eigenvalue weighted by atomic mass is 32.2. The number of nitrogens with zero attached hydrogens (tertiary/aromatic N) is 2. The second kappa shape index (κ2) is 8.78. The number of hydrogen-bond donors (Lipinski definition) is 1. The molecule has 21 heavy (non-hydrogen) atoms. The van der Waals surface area contributed by atoms with Crippen LogP contribution in [-0.2, 0) is 15.8 Å². The van der Waals surface area contributed by atoms with Crippen LogP contribution < -0.4 is 4.72 Å². The predicted molar refractivity (Wildman–Crippen MR) is 84.2 cm³/mol. The SMILES string of the molecule is CCN(CC)CCCNS(=O)(=O)Cc1ccc(C#N)cc1. The summed E-state index contributed by atoms with van der Waals surface area (Å²) in [6.07, 6.45) is 0.800. The van der Waals surface area contributed by atoms with E-state index in [2.05, 4.69) is 23.5 Å². The van der Waals surface area contributed by atoms with Gasteiger partial charge in [0.1, 0.15) is 0 Å². The lowest BCUT2D eigenvalue weighted by atomic mass is 10.2. The Morgan fingerprint density at radius 1 is 1.19 bits per heavy atom. The molecule has 1 rings (SSSR count). The van der Waals surface area contributed by atoms with Gasteiger partial charge in [-0.05, 0) is 43.8 Å². The van der Waals surface area contributed by atoms with Gasteiger partial charge in [0, 0.05) is 6.54 Å². The van der Waals surface area contributed by atoms with Crippen molar-refractivity contribution in [1.82, 2.24) is 9.62 Å². The quantitative estimate of drug-likeness (QED) is 0.705. The van der Waals surface area contributed by atoms with Gasteiger partial charge in [-0.15, -0.1) is 0 Å². The fourth-order valence-corrected chi connectivity index (χ4v) is 3.20. The smallest absolute Gasteiger partial charge is 0.215 e. The lowest BCUT2D eigenvalue weighted by Crippen LogP contribution is -2.30. The van der Waals surface area contributed by atoms with Crippen LogP contribution in [0, 0.1) is 11.3 Å².